The van der Waals surface area contributed by atoms with E-state index < -0.39 is 6.10 Å². The van der Waals surface area contributed by atoms with Crippen molar-refractivity contribution in [2.24, 2.45) is 0 Å². The highest BCUT2D eigenvalue weighted by atomic mass is 79.9. The lowest BCUT2D eigenvalue weighted by atomic mass is 10.0. The molecule has 18 heavy (non-hydrogen) atoms. The molecular weight excluding hydrogens is 356 g/mol. The van der Waals surface area contributed by atoms with Gasteiger partial charge in [-0.3, -0.25) is 0 Å². The van der Waals surface area contributed by atoms with Crippen molar-refractivity contribution in [1.29, 1.82) is 0 Å². The Hall–Kier alpha value is -0.640. The highest BCUT2D eigenvalue weighted by Gasteiger charge is 2.13. The van der Waals surface area contributed by atoms with E-state index in [1.807, 2.05) is 49.4 Å². The summed E-state index contributed by atoms with van der Waals surface area (Å²) in [4.78, 5) is 0. The summed E-state index contributed by atoms with van der Waals surface area (Å²) >= 11 is 6.98. The minimum Gasteiger partial charge on any atom is -0.388 e. The third-order valence-corrected chi connectivity index (χ3v) is 4.48. The van der Waals surface area contributed by atoms with Gasteiger partial charge in [-0.25, -0.2) is 0 Å². The van der Waals surface area contributed by atoms with E-state index in [0.717, 1.165) is 25.6 Å². The molecule has 2 aromatic rings. The SMILES string of the molecule is Cc1cccc(C(O)Cc2cccc(Br)c2)c1Br. The van der Waals surface area contributed by atoms with Crippen LogP contribution in [0.15, 0.2) is 51.4 Å². The largest absolute Gasteiger partial charge is 0.388 e. The van der Waals surface area contributed by atoms with Gasteiger partial charge in [0, 0.05) is 15.4 Å². The van der Waals surface area contributed by atoms with E-state index in [0.29, 0.717) is 6.42 Å². The van der Waals surface area contributed by atoms with E-state index in [2.05, 4.69) is 31.9 Å². The zero-order valence-electron chi connectivity index (χ0n) is 10.0. The second kappa shape index (κ2) is 6.00. The molecule has 0 spiro atoms. The van der Waals surface area contributed by atoms with Gasteiger partial charge in [-0.05, 0) is 35.7 Å². The molecule has 1 atom stereocenters. The molecule has 0 saturated carbocycles. The summed E-state index contributed by atoms with van der Waals surface area (Å²) in [5, 5.41) is 10.3. The number of hydrogen-bond acceptors (Lipinski definition) is 1. The van der Waals surface area contributed by atoms with Crippen LogP contribution in [-0.2, 0) is 6.42 Å². The van der Waals surface area contributed by atoms with Crippen LogP contribution in [0.2, 0.25) is 0 Å². The van der Waals surface area contributed by atoms with E-state index in [9.17, 15) is 5.11 Å². The number of benzene rings is 2. The van der Waals surface area contributed by atoms with Crippen LogP contribution in [0.5, 0.6) is 0 Å². The standard InChI is InChI=1S/C15H14Br2O/c1-10-4-2-7-13(15(10)17)14(18)9-11-5-3-6-12(16)8-11/h2-8,14,18H,9H2,1H3. The lowest BCUT2D eigenvalue weighted by molar-refractivity contribution is 0.177. The molecule has 1 N–H and O–H groups in total. The summed E-state index contributed by atoms with van der Waals surface area (Å²) in [5.74, 6) is 0. The molecule has 0 aromatic heterocycles. The Bertz CT molecular complexity index is 552. The third-order valence-electron chi connectivity index (χ3n) is 2.90. The fourth-order valence-electron chi connectivity index (χ4n) is 1.92. The molecule has 0 aliphatic heterocycles. The molecule has 0 heterocycles. The third kappa shape index (κ3) is 3.22. The van der Waals surface area contributed by atoms with Crippen LogP contribution in [0.1, 0.15) is 22.8 Å². The topological polar surface area (TPSA) is 20.2 Å². The van der Waals surface area contributed by atoms with E-state index in [1.54, 1.807) is 0 Å². The van der Waals surface area contributed by atoms with Crippen LogP contribution in [0.4, 0.5) is 0 Å². The minimum atomic E-state index is -0.492. The molecule has 0 aliphatic carbocycles. The van der Waals surface area contributed by atoms with Crippen molar-refractivity contribution in [2.45, 2.75) is 19.4 Å². The van der Waals surface area contributed by atoms with Crippen molar-refractivity contribution in [3.63, 3.8) is 0 Å². The smallest absolute Gasteiger partial charge is 0.0841 e. The molecule has 1 nitrogen and oxygen atoms in total. The van der Waals surface area contributed by atoms with Gasteiger partial charge >= 0.3 is 0 Å². The predicted octanol–water partition coefficient (Wildman–Crippen LogP) is 4.80. The number of halogens is 2. The highest BCUT2D eigenvalue weighted by molar-refractivity contribution is 9.10. The fourth-order valence-corrected chi connectivity index (χ4v) is 2.90. The van der Waals surface area contributed by atoms with Gasteiger partial charge in [0.1, 0.15) is 0 Å². The molecule has 2 rings (SSSR count). The number of hydrogen-bond donors (Lipinski definition) is 1. The van der Waals surface area contributed by atoms with Crippen LogP contribution in [-0.4, -0.2) is 5.11 Å². The summed E-state index contributed by atoms with van der Waals surface area (Å²) in [6.07, 6.45) is 0.121. The molecule has 0 aliphatic rings. The van der Waals surface area contributed by atoms with Crippen molar-refractivity contribution >= 4 is 31.9 Å². The van der Waals surface area contributed by atoms with Gasteiger partial charge in [0.2, 0.25) is 0 Å². The zero-order valence-corrected chi connectivity index (χ0v) is 13.2. The maximum Gasteiger partial charge on any atom is 0.0841 e. The van der Waals surface area contributed by atoms with Crippen molar-refractivity contribution in [3.05, 3.63) is 68.1 Å². The second-order valence-electron chi connectivity index (χ2n) is 4.33. The summed E-state index contributed by atoms with van der Waals surface area (Å²) in [6.45, 7) is 2.03. The average molecular weight is 370 g/mol. The van der Waals surface area contributed by atoms with Gasteiger partial charge < -0.3 is 5.11 Å². The number of aryl methyl sites for hydroxylation is 1. The van der Waals surface area contributed by atoms with Crippen molar-refractivity contribution in [3.8, 4) is 0 Å². The van der Waals surface area contributed by atoms with Crippen LogP contribution in [0, 0.1) is 6.92 Å². The molecule has 94 valence electrons. The summed E-state index contributed by atoms with van der Waals surface area (Å²) < 4.78 is 2.03. The molecule has 3 heteroatoms. The Labute approximate surface area is 124 Å². The number of rotatable bonds is 3. The molecular formula is C15H14Br2O. The zero-order chi connectivity index (χ0) is 13.1. The first-order valence-corrected chi connectivity index (χ1v) is 7.34. The predicted molar refractivity (Wildman–Crippen MR) is 81.7 cm³/mol. The van der Waals surface area contributed by atoms with E-state index in [-0.39, 0.29) is 0 Å². The fraction of sp³-hybridized carbons (Fsp3) is 0.200. The first kappa shape index (κ1) is 13.8. The normalized spacial score (nSPS) is 12.4. The Kier molecular flexibility index (Phi) is 4.60. The molecule has 0 saturated heterocycles. The maximum atomic E-state index is 10.3. The number of aliphatic hydroxyl groups excluding tert-OH is 1. The van der Waals surface area contributed by atoms with Crippen molar-refractivity contribution in [2.75, 3.05) is 0 Å². The van der Waals surface area contributed by atoms with Gasteiger partial charge in [0.05, 0.1) is 6.10 Å². The first-order valence-electron chi connectivity index (χ1n) is 5.75. The summed E-state index contributed by atoms with van der Waals surface area (Å²) in [6, 6.07) is 14.0. The highest BCUT2D eigenvalue weighted by Crippen LogP contribution is 2.29. The molecule has 1 unspecified atom stereocenters. The van der Waals surface area contributed by atoms with Gasteiger partial charge in [-0.15, -0.1) is 0 Å². The van der Waals surface area contributed by atoms with Crippen molar-refractivity contribution in [1.82, 2.24) is 0 Å². The summed E-state index contributed by atoms with van der Waals surface area (Å²) in [7, 11) is 0. The quantitative estimate of drug-likeness (QED) is 0.824. The van der Waals surface area contributed by atoms with Crippen LogP contribution in [0.25, 0.3) is 0 Å². The van der Waals surface area contributed by atoms with E-state index in [4.69, 9.17) is 0 Å². The molecule has 0 amide bonds. The minimum absolute atomic E-state index is 0.492. The Morgan fingerprint density at radius 3 is 2.56 bits per heavy atom. The Morgan fingerprint density at radius 2 is 1.83 bits per heavy atom. The van der Waals surface area contributed by atoms with Crippen LogP contribution < -0.4 is 0 Å². The Morgan fingerprint density at radius 1 is 1.11 bits per heavy atom. The second-order valence-corrected chi connectivity index (χ2v) is 6.04. The van der Waals surface area contributed by atoms with Gasteiger partial charge in [-0.1, -0.05) is 62.2 Å². The molecule has 0 bridgehead atoms. The van der Waals surface area contributed by atoms with Crippen LogP contribution >= 0.6 is 31.9 Å². The number of aliphatic hydroxyl groups is 1. The molecule has 2 aromatic carbocycles. The monoisotopic (exact) mass is 368 g/mol. The van der Waals surface area contributed by atoms with Gasteiger partial charge in [0.25, 0.3) is 0 Å². The van der Waals surface area contributed by atoms with Crippen LogP contribution in [0.3, 0.4) is 0 Å². The molecule has 0 fully saturated rings. The average Bonchev–Trinajstić information content (AvgIpc) is 2.32. The van der Waals surface area contributed by atoms with Crippen molar-refractivity contribution < 1.29 is 5.11 Å². The molecule has 0 radical (unpaired) electrons. The summed E-state index contributed by atoms with van der Waals surface area (Å²) in [5.41, 5.74) is 3.20. The van der Waals surface area contributed by atoms with E-state index >= 15 is 0 Å². The lowest BCUT2D eigenvalue weighted by Crippen LogP contribution is -2.03. The first-order chi connectivity index (χ1) is 8.58. The van der Waals surface area contributed by atoms with Gasteiger partial charge in [-0.2, -0.15) is 0 Å². The van der Waals surface area contributed by atoms with E-state index in [1.165, 1.54) is 0 Å². The lowest BCUT2D eigenvalue weighted by Gasteiger charge is -2.14. The Balaban J connectivity index is 2.22. The van der Waals surface area contributed by atoms with Gasteiger partial charge in [0.15, 0.2) is 0 Å². The maximum absolute atomic E-state index is 10.3.